The number of aryl methyl sites for hydroxylation is 1. The smallest absolute Gasteiger partial charge is 0.267 e. The molecule has 2 aromatic carbocycles. The van der Waals surface area contributed by atoms with Gasteiger partial charge in [0.25, 0.3) is 10.0 Å². The van der Waals surface area contributed by atoms with Gasteiger partial charge in [0.2, 0.25) is 5.91 Å². The lowest BCUT2D eigenvalue weighted by Gasteiger charge is -2.06. The molecule has 1 amide bonds. The zero-order chi connectivity index (χ0) is 22.7. The van der Waals surface area contributed by atoms with Crippen LogP contribution in [0.2, 0.25) is 0 Å². The Morgan fingerprint density at radius 1 is 1.00 bits per heavy atom. The molecule has 0 aliphatic rings. The molecule has 8 nitrogen and oxygen atoms in total. The maximum atomic E-state index is 12.9. The van der Waals surface area contributed by atoms with Crippen LogP contribution >= 0.6 is 24.8 Å². The highest BCUT2D eigenvalue weighted by Gasteiger charge is 2.16. The van der Waals surface area contributed by atoms with Crippen molar-refractivity contribution in [2.24, 2.45) is 7.05 Å². The van der Waals surface area contributed by atoms with Crippen molar-refractivity contribution in [2.75, 3.05) is 11.1 Å². The molecule has 0 aliphatic carbocycles. The summed E-state index contributed by atoms with van der Waals surface area (Å²) in [6, 6.07) is 15.2. The largest absolute Gasteiger partial charge is 0.397 e. The highest BCUT2D eigenvalue weighted by atomic mass is 35.5. The van der Waals surface area contributed by atoms with E-state index >= 15 is 0 Å². The number of amides is 1. The minimum Gasteiger partial charge on any atom is -0.397 e. The zero-order valence-electron chi connectivity index (χ0n) is 18.0. The van der Waals surface area contributed by atoms with Crippen LogP contribution in [0.4, 0.5) is 11.4 Å². The predicted octanol–water partition coefficient (Wildman–Crippen LogP) is 4.20. The monoisotopic (exact) mass is 519 g/mol. The summed E-state index contributed by atoms with van der Waals surface area (Å²) in [6.07, 6.45) is 9.32. The van der Waals surface area contributed by atoms with Crippen molar-refractivity contribution in [1.29, 1.82) is 0 Å². The molecule has 0 spiro atoms. The Bertz CT molecular complexity index is 1410. The van der Waals surface area contributed by atoms with E-state index in [-0.39, 0.29) is 35.6 Å². The van der Waals surface area contributed by atoms with Crippen molar-refractivity contribution >= 4 is 58.2 Å². The first-order valence-corrected chi connectivity index (χ1v) is 11.1. The van der Waals surface area contributed by atoms with Gasteiger partial charge in [0.05, 0.1) is 22.5 Å². The highest BCUT2D eigenvalue weighted by molar-refractivity contribution is 7.90. The minimum atomic E-state index is -3.76. The fraction of sp³-hybridized carbons (Fsp3) is 0.0435. The van der Waals surface area contributed by atoms with Crippen LogP contribution in [0.1, 0.15) is 5.56 Å². The average Bonchev–Trinajstić information content (AvgIpc) is 3.44. The standard InChI is InChI=1S/C23H21N5O3S.2ClH/c1-27-16-19(14-25-27)18-7-9-20(10-8-18)32(30,31)28-13-12-17(15-28)6-11-23(29)26-22-5-3-2-4-21(22)24;;/h2-16H,24H2,1H3,(H,26,29);2*1H/b11-6+;;. The summed E-state index contributed by atoms with van der Waals surface area (Å²) < 4.78 is 28.7. The van der Waals surface area contributed by atoms with Crippen LogP contribution in [0.25, 0.3) is 17.2 Å². The molecule has 34 heavy (non-hydrogen) atoms. The first-order chi connectivity index (χ1) is 15.3. The van der Waals surface area contributed by atoms with Crippen LogP contribution < -0.4 is 11.1 Å². The van der Waals surface area contributed by atoms with E-state index in [4.69, 9.17) is 5.73 Å². The van der Waals surface area contributed by atoms with Gasteiger partial charge in [-0.15, -0.1) is 24.8 Å². The Labute approximate surface area is 210 Å². The zero-order valence-corrected chi connectivity index (χ0v) is 20.5. The van der Waals surface area contributed by atoms with Crippen molar-refractivity contribution in [1.82, 2.24) is 13.8 Å². The van der Waals surface area contributed by atoms with Crippen molar-refractivity contribution < 1.29 is 13.2 Å². The molecule has 2 heterocycles. The Morgan fingerprint density at radius 3 is 2.35 bits per heavy atom. The number of para-hydroxylation sites is 2. The minimum absolute atomic E-state index is 0. The number of nitrogens with zero attached hydrogens (tertiary/aromatic N) is 3. The van der Waals surface area contributed by atoms with Gasteiger partial charge in [-0.3, -0.25) is 9.48 Å². The van der Waals surface area contributed by atoms with Gasteiger partial charge < -0.3 is 11.1 Å². The van der Waals surface area contributed by atoms with E-state index < -0.39 is 10.0 Å². The molecule has 0 radical (unpaired) electrons. The number of aromatic nitrogens is 3. The third kappa shape index (κ3) is 5.88. The Balaban J connectivity index is 0.00000204. The third-order valence-corrected chi connectivity index (χ3v) is 6.45. The van der Waals surface area contributed by atoms with Crippen molar-refractivity contribution in [3.05, 3.63) is 91.0 Å². The van der Waals surface area contributed by atoms with E-state index in [1.165, 1.54) is 24.5 Å². The fourth-order valence-electron chi connectivity index (χ4n) is 3.11. The topological polar surface area (TPSA) is 112 Å². The summed E-state index contributed by atoms with van der Waals surface area (Å²) in [4.78, 5) is 12.3. The Hall–Kier alpha value is -3.53. The molecular weight excluding hydrogens is 497 g/mol. The summed E-state index contributed by atoms with van der Waals surface area (Å²) in [6.45, 7) is 0. The van der Waals surface area contributed by atoms with Crippen LogP contribution in [-0.2, 0) is 21.9 Å². The van der Waals surface area contributed by atoms with Gasteiger partial charge in [-0.1, -0.05) is 24.3 Å². The number of rotatable bonds is 6. The molecule has 0 unspecified atom stereocenters. The number of carbonyl (C=O) groups excluding carboxylic acids is 1. The van der Waals surface area contributed by atoms with Gasteiger partial charge in [0.15, 0.2) is 0 Å². The molecule has 3 N–H and O–H groups in total. The molecule has 0 atom stereocenters. The van der Waals surface area contributed by atoms with Gasteiger partial charge in [-0.05, 0) is 47.5 Å². The van der Waals surface area contributed by atoms with Crippen LogP contribution in [0.5, 0.6) is 0 Å². The predicted molar refractivity (Wildman–Crippen MR) is 139 cm³/mol. The molecule has 0 bridgehead atoms. The molecule has 11 heteroatoms. The Kier molecular flexibility index (Phi) is 8.69. The number of nitrogens with one attached hydrogen (secondary N) is 1. The first kappa shape index (κ1) is 26.7. The van der Waals surface area contributed by atoms with E-state index in [1.807, 2.05) is 13.2 Å². The van der Waals surface area contributed by atoms with E-state index in [0.29, 0.717) is 16.9 Å². The van der Waals surface area contributed by atoms with E-state index in [0.717, 1.165) is 15.1 Å². The summed E-state index contributed by atoms with van der Waals surface area (Å²) in [5.41, 5.74) is 9.13. The highest BCUT2D eigenvalue weighted by Crippen LogP contribution is 2.22. The van der Waals surface area contributed by atoms with E-state index in [1.54, 1.807) is 65.5 Å². The van der Waals surface area contributed by atoms with Crippen LogP contribution in [0.15, 0.2) is 90.4 Å². The van der Waals surface area contributed by atoms with Gasteiger partial charge in [0, 0.05) is 37.3 Å². The summed E-state index contributed by atoms with van der Waals surface area (Å²) in [7, 11) is -1.94. The molecule has 4 rings (SSSR count). The third-order valence-electron chi connectivity index (χ3n) is 4.80. The molecule has 178 valence electrons. The van der Waals surface area contributed by atoms with Crippen LogP contribution in [-0.4, -0.2) is 28.1 Å². The average molecular weight is 520 g/mol. The SMILES string of the molecule is Cl.Cl.Cn1cc(-c2ccc(S(=O)(=O)n3ccc(/C=C/C(=O)Nc4ccccc4N)c3)cc2)cn1. The molecule has 0 fully saturated rings. The second-order valence-electron chi connectivity index (χ2n) is 7.12. The normalized spacial score (nSPS) is 11.0. The van der Waals surface area contributed by atoms with E-state index in [2.05, 4.69) is 10.4 Å². The fourth-order valence-corrected chi connectivity index (χ4v) is 4.31. The van der Waals surface area contributed by atoms with Gasteiger partial charge in [-0.2, -0.15) is 5.10 Å². The molecule has 0 saturated heterocycles. The number of anilines is 2. The van der Waals surface area contributed by atoms with E-state index in [9.17, 15) is 13.2 Å². The van der Waals surface area contributed by atoms with Crippen molar-refractivity contribution in [3.63, 3.8) is 0 Å². The lowest BCUT2D eigenvalue weighted by Crippen LogP contribution is -2.10. The molecular formula is C23H23Cl2N5O3S. The lowest BCUT2D eigenvalue weighted by atomic mass is 10.1. The number of hydrogen-bond acceptors (Lipinski definition) is 5. The first-order valence-electron chi connectivity index (χ1n) is 9.69. The maximum Gasteiger partial charge on any atom is 0.267 e. The number of hydrogen-bond donors (Lipinski definition) is 2. The summed E-state index contributed by atoms with van der Waals surface area (Å²) in [5, 5.41) is 6.81. The summed E-state index contributed by atoms with van der Waals surface area (Å²) >= 11 is 0. The maximum absolute atomic E-state index is 12.9. The molecule has 4 aromatic rings. The number of nitrogens with two attached hydrogens (primary N) is 1. The van der Waals surface area contributed by atoms with Gasteiger partial charge in [-0.25, -0.2) is 12.4 Å². The lowest BCUT2D eigenvalue weighted by molar-refractivity contribution is -0.111. The number of nitrogen functional groups attached to an aromatic ring is 1. The number of benzene rings is 2. The van der Waals surface area contributed by atoms with Gasteiger partial charge in [0.1, 0.15) is 0 Å². The quantitative estimate of drug-likeness (QED) is 0.292. The number of halogens is 2. The van der Waals surface area contributed by atoms with Crippen LogP contribution in [0, 0.1) is 0 Å². The van der Waals surface area contributed by atoms with Crippen molar-refractivity contribution in [3.8, 4) is 11.1 Å². The second kappa shape index (κ2) is 11.1. The number of carbonyl (C=O) groups is 1. The summed E-state index contributed by atoms with van der Waals surface area (Å²) in [5.74, 6) is -0.371. The molecule has 0 saturated carbocycles. The van der Waals surface area contributed by atoms with Crippen LogP contribution in [0.3, 0.4) is 0 Å². The second-order valence-corrected chi connectivity index (χ2v) is 8.96. The molecule has 2 aromatic heterocycles. The van der Waals surface area contributed by atoms with Crippen molar-refractivity contribution in [2.45, 2.75) is 4.90 Å². The Morgan fingerprint density at radius 2 is 1.71 bits per heavy atom. The van der Waals surface area contributed by atoms with Gasteiger partial charge >= 0.3 is 0 Å². The molecule has 0 aliphatic heterocycles.